The molecule has 12 N–H and O–H groups in total. The third kappa shape index (κ3) is 6.74. The number of ether oxygens (including phenoxy) is 7. The molecule has 19 heteroatoms. The number of aliphatic hydroxyl groups is 12. The van der Waals surface area contributed by atoms with Crippen LogP contribution in [-0.2, 0) is 33.2 Å². The lowest BCUT2D eigenvalue weighted by molar-refractivity contribution is -0.377. The molecular formula is C23H40O19. The molecule has 0 unspecified atom stereocenters. The van der Waals surface area contributed by atoms with Crippen LogP contribution in [0, 0.1) is 0 Å². The molecule has 4 aliphatic rings. The zero-order valence-corrected chi connectivity index (χ0v) is 22.3. The van der Waals surface area contributed by atoms with Crippen molar-refractivity contribution in [2.75, 3.05) is 19.8 Å². The Morgan fingerprint density at radius 2 is 1.05 bits per heavy atom. The van der Waals surface area contributed by atoms with Crippen molar-refractivity contribution in [3.8, 4) is 0 Å². The van der Waals surface area contributed by atoms with E-state index in [9.17, 15) is 61.3 Å². The summed E-state index contributed by atoms with van der Waals surface area (Å²) in [5.74, 6) is 0. The molecule has 0 radical (unpaired) electrons. The quantitative estimate of drug-likeness (QED) is 0.120. The maximum absolute atomic E-state index is 10.7. The fraction of sp³-hybridized carbons (Fsp3) is 1.00. The number of aliphatic hydroxyl groups excluding tert-OH is 12. The Balaban J connectivity index is 1.36. The molecule has 0 aromatic rings. The SMILES string of the molecule is C[C@@H]1O[C@@H](O)[C@@H](O)[C@H](O)[C@H]1O[C@H]1OC[C@H](O[C@@H]2O[C@@H](CO)[C@@H](O[C@H]3O[C@@H](CO)[C@H](O)[C@@H](O)[C@H]3O)[C@@H](O)[C@H]2O)[C@@H](O)[C@H]1O. The summed E-state index contributed by atoms with van der Waals surface area (Å²) >= 11 is 0. The second-order valence-electron chi connectivity index (χ2n) is 10.7. The molecule has 0 aromatic heterocycles. The minimum Gasteiger partial charge on any atom is -0.394 e. The third-order valence-electron chi connectivity index (χ3n) is 7.79. The summed E-state index contributed by atoms with van der Waals surface area (Å²) in [4.78, 5) is 0. The third-order valence-corrected chi connectivity index (χ3v) is 7.79. The lowest BCUT2D eigenvalue weighted by Crippen LogP contribution is -2.66. The van der Waals surface area contributed by atoms with E-state index in [-0.39, 0.29) is 0 Å². The first-order valence-electron chi connectivity index (χ1n) is 13.4. The van der Waals surface area contributed by atoms with Crippen molar-refractivity contribution in [2.45, 2.75) is 124 Å². The Hall–Kier alpha value is -0.760. The van der Waals surface area contributed by atoms with Crippen LogP contribution in [0.2, 0.25) is 0 Å². The van der Waals surface area contributed by atoms with E-state index in [1.54, 1.807) is 0 Å². The molecule has 42 heavy (non-hydrogen) atoms. The van der Waals surface area contributed by atoms with Gasteiger partial charge in [-0.05, 0) is 6.92 Å². The first-order chi connectivity index (χ1) is 19.8. The molecule has 4 aliphatic heterocycles. The largest absolute Gasteiger partial charge is 0.394 e. The summed E-state index contributed by atoms with van der Waals surface area (Å²) in [5, 5.41) is 122. The molecule has 4 rings (SSSR count). The summed E-state index contributed by atoms with van der Waals surface area (Å²) in [7, 11) is 0. The topological polar surface area (TPSA) is 307 Å². The highest BCUT2D eigenvalue weighted by Crippen LogP contribution is 2.32. The first kappa shape index (κ1) is 34.1. The van der Waals surface area contributed by atoms with Crippen molar-refractivity contribution < 1.29 is 94.4 Å². The summed E-state index contributed by atoms with van der Waals surface area (Å²) in [6.07, 6.45) is -30.5. The lowest BCUT2D eigenvalue weighted by atomic mass is 9.96. The van der Waals surface area contributed by atoms with E-state index in [0.717, 1.165) is 0 Å². The van der Waals surface area contributed by atoms with E-state index in [0.29, 0.717) is 0 Å². The molecular weight excluding hydrogens is 580 g/mol. The molecule has 0 spiro atoms. The highest BCUT2D eigenvalue weighted by Gasteiger charge is 2.53. The maximum atomic E-state index is 10.7. The van der Waals surface area contributed by atoms with E-state index in [1.165, 1.54) is 6.92 Å². The molecule has 246 valence electrons. The van der Waals surface area contributed by atoms with Crippen LogP contribution in [0.1, 0.15) is 6.92 Å². The summed E-state index contributed by atoms with van der Waals surface area (Å²) in [6, 6.07) is 0. The molecule has 0 bridgehead atoms. The standard InChI is InChI=1S/C23H40O19/c1-5-18(12(29)14(31)20(35)37-5)41-21-15(32)10(27)8(4-36-21)40-22-17(34)13(30)19(7(3-25)39-22)42-23-16(33)11(28)9(26)6(2-24)38-23/h5-35H,2-4H2,1H3/t5-,6-,7-,8-,9-,10+,11+,12-,13-,14-,15+,16+,17+,18-,19+,20+,21+,22-,23+/m0/s1. The Morgan fingerprint density at radius 3 is 1.69 bits per heavy atom. The Labute approximate surface area is 238 Å². The predicted octanol–water partition coefficient (Wildman–Crippen LogP) is -8.08. The van der Waals surface area contributed by atoms with E-state index >= 15 is 0 Å². The number of hydrogen-bond acceptors (Lipinski definition) is 19. The first-order valence-corrected chi connectivity index (χ1v) is 13.4. The van der Waals surface area contributed by atoms with Gasteiger partial charge in [0.05, 0.1) is 25.9 Å². The van der Waals surface area contributed by atoms with Crippen molar-refractivity contribution >= 4 is 0 Å². The van der Waals surface area contributed by atoms with Crippen LogP contribution in [-0.4, -0.2) is 198 Å². The molecule has 4 saturated heterocycles. The smallest absolute Gasteiger partial charge is 0.187 e. The fourth-order valence-electron chi connectivity index (χ4n) is 5.21. The second kappa shape index (κ2) is 14.1. The normalized spacial score (nSPS) is 54.1. The van der Waals surface area contributed by atoms with Gasteiger partial charge in [-0.2, -0.15) is 0 Å². The van der Waals surface area contributed by atoms with E-state index in [1.807, 2.05) is 0 Å². The van der Waals surface area contributed by atoms with Crippen LogP contribution in [0.5, 0.6) is 0 Å². The highest BCUT2D eigenvalue weighted by atomic mass is 16.8. The van der Waals surface area contributed by atoms with Crippen molar-refractivity contribution in [3.05, 3.63) is 0 Å². The minimum atomic E-state index is -1.90. The van der Waals surface area contributed by atoms with Gasteiger partial charge in [-0.3, -0.25) is 0 Å². The van der Waals surface area contributed by atoms with Crippen molar-refractivity contribution in [1.82, 2.24) is 0 Å². The molecule has 0 saturated carbocycles. The molecule has 0 aromatic carbocycles. The summed E-state index contributed by atoms with van der Waals surface area (Å²) in [5.41, 5.74) is 0. The lowest BCUT2D eigenvalue weighted by Gasteiger charge is -2.47. The van der Waals surface area contributed by atoms with Gasteiger partial charge in [0.2, 0.25) is 0 Å². The van der Waals surface area contributed by atoms with Gasteiger partial charge in [-0.1, -0.05) is 0 Å². The van der Waals surface area contributed by atoms with Crippen molar-refractivity contribution in [3.63, 3.8) is 0 Å². The average molecular weight is 621 g/mol. The molecule has 4 heterocycles. The zero-order chi connectivity index (χ0) is 31.0. The molecule has 19 nitrogen and oxygen atoms in total. The fourth-order valence-corrected chi connectivity index (χ4v) is 5.21. The van der Waals surface area contributed by atoms with Gasteiger partial charge in [0, 0.05) is 0 Å². The monoisotopic (exact) mass is 620 g/mol. The van der Waals surface area contributed by atoms with E-state index in [2.05, 4.69) is 0 Å². The summed E-state index contributed by atoms with van der Waals surface area (Å²) < 4.78 is 37.8. The van der Waals surface area contributed by atoms with Crippen LogP contribution < -0.4 is 0 Å². The highest BCUT2D eigenvalue weighted by molar-refractivity contribution is 4.95. The van der Waals surface area contributed by atoms with Crippen LogP contribution in [0.4, 0.5) is 0 Å². The van der Waals surface area contributed by atoms with Gasteiger partial charge < -0.3 is 94.4 Å². The average Bonchev–Trinajstić information content (AvgIpc) is 2.97. The molecule has 0 amide bonds. The van der Waals surface area contributed by atoms with Gasteiger partial charge >= 0.3 is 0 Å². The number of hydrogen-bond donors (Lipinski definition) is 12. The van der Waals surface area contributed by atoms with Crippen LogP contribution in [0.15, 0.2) is 0 Å². The van der Waals surface area contributed by atoms with Crippen LogP contribution in [0.25, 0.3) is 0 Å². The van der Waals surface area contributed by atoms with Gasteiger partial charge in [-0.25, -0.2) is 0 Å². The van der Waals surface area contributed by atoms with Gasteiger partial charge in [0.25, 0.3) is 0 Å². The Kier molecular flexibility index (Phi) is 11.5. The molecule has 0 aliphatic carbocycles. The minimum absolute atomic E-state index is 0.469. The van der Waals surface area contributed by atoms with Crippen molar-refractivity contribution in [1.29, 1.82) is 0 Å². The zero-order valence-electron chi connectivity index (χ0n) is 22.3. The maximum Gasteiger partial charge on any atom is 0.187 e. The molecule has 4 fully saturated rings. The summed E-state index contributed by atoms with van der Waals surface area (Å²) in [6.45, 7) is -0.610. The van der Waals surface area contributed by atoms with E-state index in [4.69, 9.17) is 33.2 Å². The van der Waals surface area contributed by atoms with E-state index < -0.39 is 137 Å². The molecule has 19 atom stereocenters. The Bertz CT molecular complexity index is 851. The van der Waals surface area contributed by atoms with Crippen LogP contribution in [0.3, 0.4) is 0 Å². The predicted molar refractivity (Wildman–Crippen MR) is 126 cm³/mol. The van der Waals surface area contributed by atoms with Gasteiger partial charge in [0.1, 0.15) is 85.5 Å². The number of rotatable bonds is 8. The second-order valence-corrected chi connectivity index (χ2v) is 10.7. The van der Waals surface area contributed by atoms with Gasteiger partial charge in [0.15, 0.2) is 25.2 Å². The Morgan fingerprint density at radius 1 is 0.524 bits per heavy atom. The van der Waals surface area contributed by atoms with Gasteiger partial charge in [-0.15, -0.1) is 0 Å². The van der Waals surface area contributed by atoms with Crippen LogP contribution >= 0.6 is 0 Å². The van der Waals surface area contributed by atoms with Crippen molar-refractivity contribution in [2.24, 2.45) is 0 Å².